The Morgan fingerprint density at radius 3 is 2.00 bits per heavy atom. The van der Waals surface area contributed by atoms with Gasteiger partial charge < -0.3 is 4.90 Å². The molecule has 86 valence electrons. The maximum Gasteiger partial charge on any atom is 0.114 e. The molecule has 0 aliphatic heterocycles. The lowest BCUT2D eigenvalue weighted by Gasteiger charge is -2.23. The van der Waals surface area contributed by atoms with Crippen molar-refractivity contribution < 1.29 is 0 Å². The lowest BCUT2D eigenvalue weighted by Crippen LogP contribution is -2.28. The first-order valence-corrected chi connectivity index (χ1v) is 6.40. The van der Waals surface area contributed by atoms with Crippen LogP contribution in [0.5, 0.6) is 0 Å². The third-order valence-electron chi connectivity index (χ3n) is 2.48. The smallest absolute Gasteiger partial charge is 0.114 e. The topological polar surface area (TPSA) is 3.24 Å². The monoisotopic (exact) mass is 259 g/mol. The Bertz CT molecular complexity index is 482. The molecule has 0 spiro atoms. The van der Waals surface area contributed by atoms with Crippen LogP contribution >= 0.6 is 24.8 Å². The van der Waals surface area contributed by atoms with Crippen molar-refractivity contribution in [3.8, 4) is 0 Å². The summed E-state index contributed by atoms with van der Waals surface area (Å²) in [5.41, 5.74) is 2.11. The van der Waals surface area contributed by atoms with Crippen LogP contribution in [0, 0.1) is 0 Å². The highest BCUT2D eigenvalue weighted by atomic mass is 32.1. The zero-order chi connectivity index (χ0) is 12.1. The van der Waals surface area contributed by atoms with Gasteiger partial charge in [0.05, 0.1) is 5.88 Å². The zero-order valence-electron chi connectivity index (χ0n) is 9.28. The quantitative estimate of drug-likeness (QED) is 0.508. The van der Waals surface area contributed by atoms with E-state index in [2.05, 4.69) is 12.6 Å². The average Bonchev–Trinajstić information content (AvgIpc) is 2.42. The third kappa shape index (κ3) is 2.87. The molecule has 0 N–H and O–H groups in total. The van der Waals surface area contributed by atoms with Crippen LogP contribution in [0.2, 0.25) is 0 Å². The number of nitrogens with zero attached hydrogens (tertiary/aromatic N) is 1. The number of benzene rings is 2. The number of thiol groups is 1. The molecule has 0 unspecified atom stereocenters. The van der Waals surface area contributed by atoms with E-state index in [1.807, 2.05) is 65.6 Å². The molecular weight excluding hydrogens is 246 g/mol. The Balaban J connectivity index is 2.29. The number of hydrogen-bond donors (Lipinski definition) is 1. The minimum absolute atomic E-state index is 0.567. The Labute approximate surface area is 112 Å². The summed E-state index contributed by atoms with van der Waals surface area (Å²) in [6, 6.07) is 20.1. The van der Waals surface area contributed by atoms with Gasteiger partial charge in [0.1, 0.15) is 4.99 Å². The summed E-state index contributed by atoms with van der Waals surface area (Å²) in [4.78, 5) is 2.81. The average molecular weight is 259 g/mol. The predicted molar refractivity (Wildman–Crippen MR) is 80.9 cm³/mol. The molecule has 0 radical (unpaired) electrons. The first kappa shape index (κ1) is 12.1. The van der Waals surface area contributed by atoms with Crippen LogP contribution in [0.1, 0.15) is 5.56 Å². The lowest BCUT2D eigenvalue weighted by atomic mass is 10.2. The molecule has 2 aromatic carbocycles. The van der Waals surface area contributed by atoms with Gasteiger partial charge in [-0.3, -0.25) is 0 Å². The van der Waals surface area contributed by atoms with Crippen LogP contribution in [0.4, 0.5) is 5.69 Å². The van der Waals surface area contributed by atoms with Crippen molar-refractivity contribution in [2.75, 3.05) is 10.8 Å². The Morgan fingerprint density at radius 2 is 1.47 bits per heavy atom. The van der Waals surface area contributed by atoms with Crippen LogP contribution in [-0.2, 0) is 0 Å². The van der Waals surface area contributed by atoms with Crippen molar-refractivity contribution >= 4 is 35.5 Å². The van der Waals surface area contributed by atoms with Crippen molar-refractivity contribution in [1.29, 1.82) is 0 Å². The van der Waals surface area contributed by atoms with Gasteiger partial charge in [-0.15, -0.1) is 0 Å². The van der Waals surface area contributed by atoms with Crippen LogP contribution in [0.3, 0.4) is 0 Å². The van der Waals surface area contributed by atoms with Gasteiger partial charge >= 0.3 is 0 Å². The van der Waals surface area contributed by atoms with Crippen molar-refractivity contribution in [3.63, 3.8) is 0 Å². The van der Waals surface area contributed by atoms with Crippen LogP contribution in [-0.4, -0.2) is 10.9 Å². The largest absolute Gasteiger partial charge is 0.323 e. The van der Waals surface area contributed by atoms with Gasteiger partial charge in [0.2, 0.25) is 0 Å². The molecule has 1 nitrogen and oxygen atoms in total. The van der Waals surface area contributed by atoms with E-state index in [0.29, 0.717) is 5.88 Å². The molecule has 2 aromatic rings. The molecular formula is C14H13NS2. The first-order chi connectivity index (χ1) is 8.33. The first-order valence-electron chi connectivity index (χ1n) is 5.36. The number of hydrogen-bond acceptors (Lipinski definition) is 2. The highest BCUT2D eigenvalue weighted by molar-refractivity contribution is 7.82. The van der Waals surface area contributed by atoms with Gasteiger partial charge in [-0.05, 0) is 12.1 Å². The van der Waals surface area contributed by atoms with Crippen molar-refractivity contribution in [3.05, 3.63) is 66.2 Å². The summed E-state index contributed by atoms with van der Waals surface area (Å²) < 4.78 is 0. The maximum atomic E-state index is 5.50. The van der Waals surface area contributed by atoms with Gasteiger partial charge in [0.25, 0.3) is 0 Å². The number of rotatable bonds is 3. The predicted octanol–water partition coefficient (Wildman–Crippen LogP) is 3.76. The molecule has 3 heteroatoms. The molecule has 0 atom stereocenters. The minimum atomic E-state index is 0.567. The summed E-state index contributed by atoms with van der Waals surface area (Å²) in [7, 11) is 0. The fraction of sp³-hybridized carbons (Fsp3) is 0.0714. The molecule has 17 heavy (non-hydrogen) atoms. The minimum Gasteiger partial charge on any atom is -0.323 e. The standard InChI is InChI=1S/C14H13NS2/c16-11-15(13-9-5-2-6-10-13)14(17)12-7-3-1-4-8-12/h1-10,16H,11H2. The van der Waals surface area contributed by atoms with Gasteiger partial charge in [0.15, 0.2) is 0 Å². The molecule has 0 aromatic heterocycles. The summed E-state index contributed by atoms with van der Waals surface area (Å²) in [6.45, 7) is 0. The molecule has 0 fully saturated rings. The fourth-order valence-corrected chi connectivity index (χ4v) is 2.31. The lowest BCUT2D eigenvalue weighted by molar-refractivity contribution is 1.25. The van der Waals surface area contributed by atoms with E-state index >= 15 is 0 Å². The highest BCUT2D eigenvalue weighted by Gasteiger charge is 2.11. The van der Waals surface area contributed by atoms with E-state index in [4.69, 9.17) is 12.2 Å². The van der Waals surface area contributed by atoms with Crippen molar-refractivity contribution in [2.24, 2.45) is 0 Å². The third-order valence-corrected chi connectivity index (χ3v) is 3.21. The van der Waals surface area contributed by atoms with Crippen LogP contribution in [0.15, 0.2) is 60.7 Å². The van der Waals surface area contributed by atoms with Crippen LogP contribution < -0.4 is 4.90 Å². The van der Waals surface area contributed by atoms with Crippen molar-refractivity contribution in [1.82, 2.24) is 0 Å². The molecule has 0 aliphatic carbocycles. The molecule has 0 heterocycles. The number of thiocarbonyl (C=S) groups is 1. The number of anilines is 1. The molecule has 0 amide bonds. The second kappa shape index (κ2) is 5.84. The van der Waals surface area contributed by atoms with Gasteiger partial charge in [-0.25, -0.2) is 0 Å². The second-order valence-electron chi connectivity index (χ2n) is 3.58. The van der Waals surface area contributed by atoms with E-state index in [-0.39, 0.29) is 0 Å². The summed E-state index contributed by atoms with van der Waals surface area (Å²) in [5, 5.41) is 0. The van der Waals surface area contributed by atoms with E-state index < -0.39 is 0 Å². The molecule has 0 aliphatic rings. The van der Waals surface area contributed by atoms with E-state index in [0.717, 1.165) is 16.2 Å². The Morgan fingerprint density at radius 1 is 0.941 bits per heavy atom. The van der Waals surface area contributed by atoms with Gasteiger partial charge in [-0.2, -0.15) is 12.6 Å². The Kier molecular flexibility index (Phi) is 4.18. The highest BCUT2D eigenvalue weighted by Crippen LogP contribution is 2.17. The fourth-order valence-electron chi connectivity index (χ4n) is 1.61. The van der Waals surface area contributed by atoms with Gasteiger partial charge in [-0.1, -0.05) is 60.7 Å². The van der Waals surface area contributed by atoms with E-state index in [9.17, 15) is 0 Å². The maximum absolute atomic E-state index is 5.50. The van der Waals surface area contributed by atoms with Crippen molar-refractivity contribution in [2.45, 2.75) is 0 Å². The summed E-state index contributed by atoms with van der Waals surface area (Å²) in [6.07, 6.45) is 0. The van der Waals surface area contributed by atoms with E-state index in [1.54, 1.807) is 0 Å². The Hall–Kier alpha value is -1.32. The zero-order valence-corrected chi connectivity index (χ0v) is 11.0. The van der Waals surface area contributed by atoms with Gasteiger partial charge in [0, 0.05) is 11.3 Å². The molecule has 0 saturated heterocycles. The van der Waals surface area contributed by atoms with Crippen LogP contribution in [0.25, 0.3) is 0 Å². The number of para-hydroxylation sites is 1. The molecule has 2 rings (SSSR count). The second-order valence-corrected chi connectivity index (χ2v) is 4.25. The summed E-state index contributed by atoms with van der Waals surface area (Å²) >= 11 is 9.86. The summed E-state index contributed by atoms with van der Waals surface area (Å²) in [5.74, 6) is 0.567. The molecule has 0 bridgehead atoms. The normalized spacial score (nSPS) is 9.94. The van der Waals surface area contributed by atoms with E-state index in [1.165, 1.54) is 0 Å². The SMILES string of the molecule is S=C(c1ccccc1)N(CS)c1ccccc1. The molecule has 0 saturated carbocycles.